The lowest BCUT2D eigenvalue weighted by atomic mass is 10.1. The van der Waals surface area contributed by atoms with Crippen molar-refractivity contribution in [3.05, 3.63) is 29.6 Å². The molecule has 2 rings (SSSR count). The van der Waals surface area contributed by atoms with Gasteiger partial charge < -0.3 is 14.7 Å². The van der Waals surface area contributed by atoms with Crippen molar-refractivity contribution >= 4 is 21.8 Å². The molecular weight excluding hydrogens is 305 g/mol. The Morgan fingerprint density at radius 1 is 1.61 bits per heavy atom. The fraction of sp³-hybridized carbons (Fsp3) is 0.417. The molecule has 0 bridgehead atoms. The number of nitrogens with zero attached hydrogens (tertiary/aromatic N) is 1. The van der Waals surface area contributed by atoms with E-state index in [1.807, 2.05) is 0 Å². The van der Waals surface area contributed by atoms with Crippen molar-refractivity contribution in [3.63, 3.8) is 0 Å². The van der Waals surface area contributed by atoms with Gasteiger partial charge in [-0.3, -0.25) is 4.79 Å². The second kappa shape index (κ2) is 5.67. The fourth-order valence-electron chi connectivity index (χ4n) is 1.92. The molecule has 98 valence electrons. The molecule has 1 aliphatic rings. The summed E-state index contributed by atoms with van der Waals surface area (Å²) < 4.78 is 18.9. The molecule has 1 aromatic rings. The molecule has 4 nitrogen and oxygen atoms in total. The van der Waals surface area contributed by atoms with Crippen molar-refractivity contribution in [3.8, 4) is 5.75 Å². The topological polar surface area (TPSA) is 49.8 Å². The lowest BCUT2D eigenvalue weighted by Crippen LogP contribution is -2.49. The maximum atomic E-state index is 13.6. The number of amides is 1. The molecule has 0 radical (unpaired) electrons. The number of phenols is 1. The molecule has 6 heteroatoms. The minimum atomic E-state index is -0.709. The third-order valence-electron chi connectivity index (χ3n) is 2.87. The van der Waals surface area contributed by atoms with Crippen LogP contribution in [0.4, 0.5) is 4.39 Å². The Morgan fingerprint density at radius 3 is 3.06 bits per heavy atom. The first kappa shape index (κ1) is 13.3. The van der Waals surface area contributed by atoms with Crippen molar-refractivity contribution < 1.29 is 19.0 Å². The Hall–Kier alpha value is -1.14. The van der Waals surface area contributed by atoms with Gasteiger partial charge in [0.25, 0.3) is 5.91 Å². The van der Waals surface area contributed by atoms with E-state index in [9.17, 15) is 14.3 Å². The van der Waals surface area contributed by atoms with Crippen LogP contribution in [-0.2, 0) is 4.74 Å². The SMILES string of the molecule is O=C(c1c(O)cccc1F)N1CCOCC1CBr. The molecule has 1 aromatic carbocycles. The number of benzene rings is 1. The number of rotatable bonds is 2. The van der Waals surface area contributed by atoms with Crippen molar-refractivity contribution in [1.29, 1.82) is 0 Å². The average molecular weight is 318 g/mol. The van der Waals surface area contributed by atoms with Crippen molar-refractivity contribution in [2.24, 2.45) is 0 Å². The molecule has 1 amide bonds. The van der Waals surface area contributed by atoms with E-state index in [4.69, 9.17) is 4.74 Å². The van der Waals surface area contributed by atoms with Crippen LogP contribution in [0.15, 0.2) is 18.2 Å². The minimum absolute atomic E-state index is 0.148. The van der Waals surface area contributed by atoms with Gasteiger partial charge in [-0.1, -0.05) is 22.0 Å². The largest absolute Gasteiger partial charge is 0.507 e. The Kier molecular flexibility index (Phi) is 4.19. The highest BCUT2D eigenvalue weighted by atomic mass is 79.9. The first-order valence-electron chi connectivity index (χ1n) is 5.57. The summed E-state index contributed by atoms with van der Waals surface area (Å²) in [5.41, 5.74) is -0.273. The summed E-state index contributed by atoms with van der Waals surface area (Å²) in [6.07, 6.45) is 0. The lowest BCUT2D eigenvalue weighted by Gasteiger charge is -2.34. The summed E-state index contributed by atoms with van der Waals surface area (Å²) in [5, 5.41) is 10.2. The first-order chi connectivity index (χ1) is 8.65. The van der Waals surface area contributed by atoms with Crippen LogP contribution in [0, 0.1) is 5.82 Å². The summed E-state index contributed by atoms with van der Waals surface area (Å²) in [4.78, 5) is 13.8. The van der Waals surface area contributed by atoms with Gasteiger partial charge in [0.05, 0.1) is 19.3 Å². The number of carbonyl (C=O) groups excluding carboxylic acids is 1. The van der Waals surface area contributed by atoms with Crippen LogP contribution in [0.1, 0.15) is 10.4 Å². The number of morpholine rings is 1. The molecule has 1 aliphatic heterocycles. The molecule has 0 spiro atoms. The Bertz CT molecular complexity index is 435. The van der Waals surface area contributed by atoms with E-state index in [1.54, 1.807) is 0 Å². The number of ether oxygens (including phenoxy) is 1. The van der Waals surface area contributed by atoms with Crippen molar-refractivity contribution in [2.75, 3.05) is 25.1 Å². The van der Waals surface area contributed by atoms with Crippen LogP contribution in [0.5, 0.6) is 5.75 Å². The molecule has 1 saturated heterocycles. The number of alkyl halides is 1. The summed E-state index contributed by atoms with van der Waals surface area (Å²) in [6.45, 7) is 1.22. The van der Waals surface area contributed by atoms with Crippen molar-refractivity contribution in [2.45, 2.75) is 6.04 Å². The molecule has 1 atom stereocenters. The van der Waals surface area contributed by atoms with Crippen molar-refractivity contribution in [1.82, 2.24) is 4.90 Å². The molecule has 1 fully saturated rings. The van der Waals surface area contributed by atoms with Gasteiger partial charge in [-0.05, 0) is 12.1 Å². The lowest BCUT2D eigenvalue weighted by molar-refractivity contribution is 0.00484. The van der Waals surface area contributed by atoms with Gasteiger partial charge >= 0.3 is 0 Å². The molecule has 1 heterocycles. The highest BCUT2D eigenvalue weighted by Crippen LogP contribution is 2.23. The third kappa shape index (κ3) is 2.49. The third-order valence-corrected chi connectivity index (χ3v) is 3.62. The summed E-state index contributed by atoms with van der Waals surface area (Å²) in [5.74, 6) is -1.54. The van der Waals surface area contributed by atoms with Crippen LogP contribution >= 0.6 is 15.9 Å². The predicted molar refractivity (Wildman–Crippen MR) is 67.5 cm³/mol. The van der Waals surface area contributed by atoms with E-state index in [1.165, 1.54) is 17.0 Å². The second-order valence-corrected chi connectivity index (χ2v) is 4.66. The molecule has 0 aromatic heterocycles. The molecular formula is C12H13BrFNO3. The maximum absolute atomic E-state index is 13.6. The van der Waals surface area contributed by atoms with E-state index in [0.717, 1.165) is 6.07 Å². The maximum Gasteiger partial charge on any atom is 0.261 e. The van der Waals surface area contributed by atoms with Gasteiger partial charge in [0, 0.05) is 11.9 Å². The van der Waals surface area contributed by atoms with Gasteiger partial charge in [-0.25, -0.2) is 4.39 Å². The summed E-state index contributed by atoms with van der Waals surface area (Å²) in [7, 11) is 0. The summed E-state index contributed by atoms with van der Waals surface area (Å²) >= 11 is 3.30. The minimum Gasteiger partial charge on any atom is -0.507 e. The zero-order valence-electron chi connectivity index (χ0n) is 9.60. The molecule has 1 unspecified atom stereocenters. The van der Waals surface area contributed by atoms with Gasteiger partial charge in [-0.15, -0.1) is 0 Å². The van der Waals surface area contributed by atoms with Crippen LogP contribution in [0.2, 0.25) is 0 Å². The number of hydrogen-bond donors (Lipinski definition) is 1. The monoisotopic (exact) mass is 317 g/mol. The number of carbonyl (C=O) groups is 1. The van der Waals surface area contributed by atoms with Crippen LogP contribution in [0.25, 0.3) is 0 Å². The van der Waals surface area contributed by atoms with Gasteiger partial charge in [-0.2, -0.15) is 0 Å². The molecule has 0 aliphatic carbocycles. The standard InChI is InChI=1S/C12H13BrFNO3/c13-6-8-7-18-5-4-15(8)12(17)11-9(14)2-1-3-10(11)16/h1-3,8,16H,4-7H2. The zero-order chi connectivity index (χ0) is 13.1. The Morgan fingerprint density at radius 2 is 2.39 bits per heavy atom. The Labute approximate surface area is 112 Å². The Balaban J connectivity index is 2.30. The average Bonchev–Trinajstić information content (AvgIpc) is 2.38. The highest BCUT2D eigenvalue weighted by molar-refractivity contribution is 9.09. The van der Waals surface area contributed by atoms with Gasteiger partial charge in [0.15, 0.2) is 0 Å². The van der Waals surface area contributed by atoms with E-state index >= 15 is 0 Å². The van der Waals surface area contributed by atoms with Crippen LogP contribution < -0.4 is 0 Å². The van der Waals surface area contributed by atoms with E-state index in [0.29, 0.717) is 25.1 Å². The van der Waals surface area contributed by atoms with Crippen LogP contribution in [0.3, 0.4) is 0 Å². The first-order valence-corrected chi connectivity index (χ1v) is 6.69. The molecule has 18 heavy (non-hydrogen) atoms. The second-order valence-electron chi connectivity index (χ2n) is 4.02. The van der Waals surface area contributed by atoms with Gasteiger partial charge in [0.2, 0.25) is 0 Å². The fourth-order valence-corrected chi connectivity index (χ4v) is 2.45. The zero-order valence-corrected chi connectivity index (χ0v) is 11.2. The van der Waals surface area contributed by atoms with E-state index in [2.05, 4.69) is 15.9 Å². The normalized spacial score (nSPS) is 19.9. The van der Waals surface area contributed by atoms with E-state index in [-0.39, 0.29) is 17.4 Å². The number of phenolic OH excluding ortho intramolecular Hbond substituents is 1. The molecule has 1 N–H and O–H groups in total. The summed E-state index contributed by atoms with van der Waals surface area (Å²) in [6, 6.07) is 3.68. The molecule has 0 saturated carbocycles. The smallest absolute Gasteiger partial charge is 0.261 e. The number of hydrogen-bond acceptors (Lipinski definition) is 3. The van der Waals surface area contributed by atoms with E-state index < -0.39 is 11.7 Å². The number of aromatic hydroxyl groups is 1. The number of halogens is 2. The quantitative estimate of drug-likeness (QED) is 0.846. The predicted octanol–water partition coefficient (Wildman–Crippen LogP) is 1.77. The van der Waals surface area contributed by atoms with Crippen LogP contribution in [-0.4, -0.2) is 47.0 Å². The highest BCUT2D eigenvalue weighted by Gasteiger charge is 2.30. The van der Waals surface area contributed by atoms with Gasteiger partial charge in [0.1, 0.15) is 17.1 Å².